The normalized spacial score (nSPS) is 25.6. The zero-order valence-electron chi connectivity index (χ0n) is 5.76. The molecule has 0 fully saturated rings. The highest BCUT2D eigenvalue weighted by Gasteiger charge is 2.15. The first-order chi connectivity index (χ1) is 4.36. The lowest BCUT2D eigenvalue weighted by Crippen LogP contribution is -2.07. The summed E-state index contributed by atoms with van der Waals surface area (Å²) in [7, 11) is 1.64. The SMILES string of the molecule is CCC1=NC(OC)CO1. The number of rotatable bonds is 2. The van der Waals surface area contributed by atoms with Crippen molar-refractivity contribution in [2.75, 3.05) is 13.7 Å². The van der Waals surface area contributed by atoms with Gasteiger partial charge in [-0.1, -0.05) is 6.92 Å². The Balaban J connectivity index is 2.40. The van der Waals surface area contributed by atoms with Crippen molar-refractivity contribution in [3.8, 4) is 0 Å². The summed E-state index contributed by atoms with van der Waals surface area (Å²) in [6.07, 6.45) is 0.805. The third kappa shape index (κ3) is 1.42. The number of ether oxygens (including phenoxy) is 2. The third-order valence-electron chi connectivity index (χ3n) is 1.26. The molecular formula is C6H11NO2. The summed E-state index contributed by atoms with van der Waals surface area (Å²) >= 11 is 0. The molecule has 1 heterocycles. The number of hydrogen-bond donors (Lipinski definition) is 0. The van der Waals surface area contributed by atoms with E-state index in [1.54, 1.807) is 7.11 Å². The van der Waals surface area contributed by atoms with Gasteiger partial charge in [0.15, 0.2) is 12.1 Å². The second-order valence-electron chi connectivity index (χ2n) is 1.88. The van der Waals surface area contributed by atoms with Crippen LogP contribution in [0.1, 0.15) is 13.3 Å². The lowest BCUT2D eigenvalue weighted by atomic mass is 10.5. The second kappa shape index (κ2) is 2.82. The van der Waals surface area contributed by atoms with E-state index in [1.807, 2.05) is 6.92 Å². The van der Waals surface area contributed by atoms with E-state index in [0.29, 0.717) is 6.61 Å². The van der Waals surface area contributed by atoms with Crippen molar-refractivity contribution in [3.05, 3.63) is 0 Å². The van der Waals surface area contributed by atoms with E-state index in [9.17, 15) is 0 Å². The number of nitrogens with zero attached hydrogens (tertiary/aromatic N) is 1. The van der Waals surface area contributed by atoms with Crippen LogP contribution in [-0.4, -0.2) is 25.8 Å². The molecule has 0 aliphatic carbocycles. The molecule has 1 aliphatic rings. The van der Waals surface area contributed by atoms with Gasteiger partial charge in [-0.2, -0.15) is 0 Å². The van der Waals surface area contributed by atoms with Gasteiger partial charge in [-0.05, 0) is 0 Å². The maximum Gasteiger partial charge on any atom is 0.185 e. The van der Waals surface area contributed by atoms with Crippen molar-refractivity contribution in [3.63, 3.8) is 0 Å². The first-order valence-electron chi connectivity index (χ1n) is 3.09. The van der Waals surface area contributed by atoms with E-state index in [2.05, 4.69) is 4.99 Å². The highest BCUT2D eigenvalue weighted by Crippen LogP contribution is 2.05. The Hall–Kier alpha value is -0.570. The van der Waals surface area contributed by atoms with Crippen molar-refractivity contribution in [1.82, 2.24) is 0 Å². The summed E-state index contributed by atoms with van der Waals surface area (Å²) in [6, 6.07) is 0. The fourth-order valence-corrected chi connectivity index (χ4v) is 0.717. The highest BCUT2D eigenvalue weighted by atomic mass is 16.6. The molecule has 1 unspecified atom stereocenters. The van der Waals surface area contributed by atoms with Gasteiger partial charge in [0.05, 0.1) is 0 Å². The zero-order chi connectivity index (χ0) is 6.69. The van der Waals surface area contributed by atoms with Crippen molar-refractivity contribution in [2.45, 2.75) is 19.6 Å². The molecule has 0 spiro atoms. The minimum Gasteiger partial charge on any atom is -0.476 e. The summed E-state index contributed by atoms with van der Waals surface area (Å²) in [5, 5.41) is 0. The molecule has 1 rings (SSSR count). The summed E-state index contributed by atoms with van der Waals surface area (Å²) in [5.74, 6) is 0.807. The molecule has 0 aromatic rings. The first kappa shape index (κ1) is 6.55. The Kier molecular flexibility index (Phi) is 2.05. The van der Waals surface area contributed by atoms with E-state index in [-0.39, 0.29) is 6.23 Å². The van der Waals surface area contributed by atoms with Crippen molar-refractivity contribution in [2.24, 2.45) is 4.99 Å². The van der Waals surface area contributed by atoms with Gasteiger partial charge in [-0.25, -0.2) is 4.99 Å². The number of aliphatic imine (C=N–C) groups is 1. The third-order valence-corrected chi connectivity index (χ3v) is 1.26. The maximum absolute atomic E-state index is 5.13. The molecule has 52 valence electrons. The van der Waals surface area contributed by atoms with Gasteiger partial charge >= 0.3 is 0 Å². The average Bonchev–Trinajstić information content (AvgIpc) is 2.34. The Morgan fingerprint density at radius 3 is 3.00 bits per heavy atom. The molecule has 0 bridgehead atoms. The van der Waals surface area contributed by atoms with Gasteiger partial charge in [-0.3, -0.25) is 0 Å². The molecular weight excluding hydrogens is 118 g/mol. The Bertz CT molecular complexity index is 122. The van der Waals surface area contributed by atoms with Crippen LogP contribution in [0.25, 0.3) is 0 Å². The molecule has 1 atom stereocenters. The summed E-state index contributed by atoms with van der Waals surface area (Å²) in [4.78, 5) is 4.10. The van der Waals surface area contributed by atoms with E-state index < -0.39 is 0 Å². The first-order valence-corrected chi connectivity index (χ1v) is 3.09. The van der Waals surface area contributed by atoms with Gasteiger partial charge < -0.3 is 9.47 Å². The van der Waals surface area contributed by atoms with Crippen molar-refractivity contribution in [1.29, 1.82) is 0 Å². The molecule has 0 aromatic carbocycles. The molecule has 3 nitrogen and oxygen atoms in total. The lowest BCUT2D eigenvalue weighted by Gasteiger charge is -1.98. The van der Waals surface area contributed by atoms with E-state index in [4.69, 9.17) is 9.47 Å². The maximum atomic E-state index is 5.13. The number of methoxy groups -OCH3 is 1. The van der Waals surface area contributed by atoms with E-state index in [1.165, 1.54) is 0 Å². The predicted octanol–water partition coefficient (Wildman–Crippen LogP) is 0.798. The van der Waals surface area contributed by atoms with Crippen LogP contribution in [-0.2, 0) is 9.47 Å². The topological polar surface area (TPSA) is 30.8 Å². The summed E-state index contributed by atoms with van der Waals surface area (Å²) in [6.45, 7) is 2.59. The minimum atomic E-state index is -0.0556. The monoisotopic (exact) mass is 129 g/mol. The van der Waals surface area contributed by atoms with Gasteiger partial charge in [0.2, 0.25) is 0 Å². The van der Waals surface area contributed by atoms with Crippen LogP contribution < -0.4 is 0 Å². The fraction of sp³-hybridized carbons (Fsp3) is 0.833. The molecule has 0 amide bonds. The van der Waals surface area contributed by atoms with Crippen LogP contribution in [0, 0.1) is 0 Å². The Morgan fingerprint density at radius 1 is 1.89 bits per heavy atom. The van der Waals surface area contributed by atoms with Crippen LogP contribution >= 0.6 is 0 Å². The Labute approximate surface area is 54.7 Å². The highest BCUT2D eigenvalue weighted by molar-refractivity contribution is 5.77. The van der Waals surface area contributed by atoms with Crippen LogP contribution in [0.4, 0.5) is 0 Å². The van der Waals surface area contributed by atoms with E-state index >= 15 is 0 Å². The van der Waals surface area contributed by atoms with Gasteiger partial charge in [0.1, 0.15) is 6.61 Å². The summed E-state index contributed by atoms with van der Waals surface area (Å²) in [5.41, 5.74) is 0. The second-order valence-corrected chi connectivity index (χ2v) is 1.88. The Morgan fingerprint density at radius 2 is 2.67 bits per heavy atom. The van der Waals surface area contributed by atoms with Crippen molar-refractivity contribution >= 4 is 5.90 Å². The molecule has 0 aromatic heterocycles. The summed E-state index contributed by atoms with van der Waals surface area (Å²) < 4.78 is 10.1. The quantitative estimate of drug-likeness (QED) is 0.552. The molecule has 0 saturated carbocycles. The van der Waals surface area contributed by atoms with Crippen LogP contribution in [0.5, 0.6) is 0 Å². The standard InChI is InChI=1S/C6H11NO2/c1-3-5-7-6(8-2)4-9-5/h6H,3-4H2,1-2H3. The van der Waals surface area contributed by atoms with Gasteiger partial charge in [0, 0.05) is 13.5 Å². The van der Waals surface area contributed by atoms with Crippen molar-refractivity contribution < 1.29 is 9.47 Å². The smallest absolute Gasteiger partial charge is 0.185 e. The fourth-order valence-electron chi connectivity index (χ4n) is 0.717. The minimum absolute atomic E-state index is 0.0556. The van der Waals surface area contributed by atoms with Gasteiger partial charge in [-0.15, -0.1) is 0 Å². The largest absolute Gasteiger partial charge is 0.476 e. The zero-order valence-corrected chi connectivity index (χ0v) is 5.76. The predicted molar refractivity (Wildman–Crippen MR) is 34.5 cm³/mol. The molecule has 3 heteroatoms. The van der Waals surface area contributed by atoms with Gasteiger partial charge in [0.25, 0.3) is 0 Å². The van der Waals surface area contributed by atoms with E-state index in [0.717, 1.165) is 12.3 Å². The molecule has 0 radical (unpaired) electrons. The number of hydrogen-bond acceptors (Lipinski definition) is 3. The van der Waals surface area contributed by atoms with Crippen LogP contribution in [0.2, 0.25) is 0 Å². The molecule has 1 aliphatic heterocycles. The molecule has 0 N–H and O–H groups in total. The van der Waals surface area contributed by atoms with Crippen LogP contribution in [0.3, 0.4) is 0 Å². The molecule has 0 saturated heterocycles. The lowest BCUT2D eigenvalue weighted by molar-refractivity contribution is 0.0830. The van der Waals surface area contributed by atoms with Crippen LogP contribution in [0.15, 0.2) is 4.99 Å². The average molecular weight is 129 g/mol. The molecule has 9 heavy (non-hydrogen) atoms.